The number of nitrogens with one attached hydrogen (secondary N) is 1. The van der Waals surface area contributed by atoms with Gasteiger partial charge in [0.05, 0.1) is 26.4 Å². The maximum atomic E-state index is 13.0. The van der Waals surface area contributed by atoms with Crippen molar-refractivity contribution in [1.82, 2.24) is 15.3 Å². The SMILES string of the molecule is COc1ccc([C@H](NC(=O)c2cc(C)nc(N3CCOCC3)n2)C2CC2)cc1. The van der Waals surface area contributed by atoms with Gasteiger partial charge in [-0.25, -0.2) is 9.97 Å². The second kappa shape index (κ2) is 8.14. The van der Waals surface area contributed by atoms with Crippen LogP contribution in [0.3, 0.4) is 0 Å². The zero-order valence-corrected chi connectivity index (χ0v) is 16.4. The quantitative estimate of drug-likeness (QED) is 0.827. The van der Waals surface area contributed by atoms with Crippen molar-refractivity contribution in [3.05, 3.63) is 47.3 Å². The highest BCUT2D eigenvalue weighted by atomic mass is 16.5. The molecule has 1 aliphatic heterocycles. The zero-order chi connectivity index (χ0) is 19.5. The number of anilines is 1. The van der Waals surface area contributed by atoms with Crippen LogP contribution in [-0.2, 0) is 4.74 Å². The first kappa shape index (κ1) is 18.7. The molecule has 1 aliphatic carbocycles. The van der Waals surface area contributed by atoms with Crippen molar-refractivity contribution >= 4 is 11.9 Å². The Morgan fingerprint density at radius 2 is 1.93 bits per heavy atom. The monoisotopic (exact) mass is 382 g/mol. The van der Waals surface area contributed by atoms with Crippen LogP contribution in [0, 0.1) is 12.8 Å². The van der Waals surface area contributed by atoms with Crippen molar-refractivity contribution in [2.75, 3.05) is 38.3 Å². The Labute approximate surface area is 165 Å². The lowest BCUT2D eigenvalue weighted by Crippen LogP contribution is -2.38. The molecule has 1 aromatic heterocycles. The van der Waals surface area contributed by atoms with Gasteiger partial charge in [0.15, 0.2) is 0 Å². The number of morpholine rings is 1. The van der Waals surface area contributed by atoms with E-state index in [4.69, 9.17) is 9.47 Å². The fraction of sp³-hybridized carbons (Fsp3) is 0.476. The van der Waals surface area contributed by atoms with Gasteiger partial charge in [-0.05, 0) is 49.4 Å². The number of carbonyl (C=O) groups is 1. The summed E-state index contributed by atoms with van der Waals surface area (Å²) in [6, 6.07) is 9.64. The topological polar surface area (TPSA) is 76.6 Å². The molecule has 1 amide bonds. The Morgan fingerprint density at radius 3 is 2.57 bits per heavy atom. The first-order valence-electron chi connectivity index (χ1n) is 9.77. The highest BCUT2D eigenvalue weighted by molar-refractivity contribution is 5.93. The van der Waals surface area contributed by atoms with Crippen LogP contribution in [0.5, 0.6) is 5.75 Å². The average Bonchev–Trinajstić information content (AvgIpc) is 3.57. The lowest BCUT2D eigenvalue weighted by molar-refractivity contribution is 0.0926. The van der Waals surface area contributed by atoms with Crippen LogP contribution >= 0.6 is 0 Å². The second-order valence-electron chi connectivity index (χ2n) is 7.36. The Kier molecular flexibility index (Phi) is 5.43. The summed E-state index contributed by atoms with van der Waals surface area (Å²) in [5.41, 5.74) is 2.29. The largest absolute Gasteiger partial charge is 0.497 e. The Bertz CT molecular complexity index is 830. The first-order chi connectivity index (χ1) is 13.6. The number of ether oxygens (including phenoxy) is 2. The van der Waals surface area contributed by atoms with Crippen LogP contribution in [-0.4, -0.2) is 49.3 Å². The molecule has 0 spiro atoms. The number of rotatable bonds is 6. The molecule has 1 saturated carbocycles. The van der Waals surface area contributed by atoms with Crippen molar-refractivity contribution in [2.24, 2.45) is 5.92 Å². The van der Waals surface area contributed by atoms with Gasteiger partial charge in [-0.15, -0.1) is 0 Å². The number of amides is 1. The average molecular weight is 382 g/mol. The van der Waals surface area contributed by atoms with Gasteiger partial charge in [-0.1, -0.05) is 12.1 Å². The highest BCUT2D eigenvalue weighted by Gasteiger charge is 2.34. The van der Waals surface area contributed by atoms with Gasteiger partial charge in [-0.3, -0.25) is 4.79 Å². The zero-order valence-electron chi connectivity index (χ0n) is 16.4. The van der Waals surface area contributed by atoms with E-state index in [1.807, 2.05) is 31.2 Å². The summed E-state index contributed by atoms with van der Waals surface area (Å²) in [5, 5.41) is 3.19. The number of methoxy groups -OCH3 is 1. The van der Waals surface area contributed by atoms with E-state index in [9.17, 15) is 4.79 Å². The van der Waals surface area contributed by atoms with Crippen molar-refractivity contribution in [2.45, 2.75) is 25.8 Å². The molecular formula is C21H26N4O3. The summed E-state index contributed by atoms with van der Waals surface area (Å²) in [7, 11) is 1.65. The van der Waals surface area contributed by atoms with E-state index in [0.29, 0.717) is 30.8 Å². The molecule has 1 aromatic carbocycles. The van der Waals surface area contributed by atoms with E-state index in [2.05, 4.69) is 20.2 Å². The Balaban J connectivity index is 1.53. The van der Waals surface area contributed by atoms with E-state index in [1.54, 1.807) is 13.2 Å². The molecule has 7 heteroatoms. The van der Waals surface area contributed by atoms with Gasteiger partial charge in [-0.2, -0.15) is 0 Å². The summed E-state index contributed by atoms with van der Waals surface area (Å²) in [6.45, 7) is 4.67. The molecule has 2 fully saturated rings. The molecule has 28 heavy (non-hydrogen) atoms. The summed E-state index contributed by atoms with van der Waals surface area (Å²) < 4.78 is 10.6. The fourth-order valence-corrected chi connectivity index (χ4v) is 3.50. The minimum absolute atomic E-state index is 0.0134. The molecule has 1 saturated heterocycles. The van der Waals surface area contributed by atoms with Crippen LogP contribution in [0.4, 0.5) is 5.95 Å². The Morgan fingerprint density at radius 1 is 1.21 bits per heavy atom. The molecule has 148 valence electrons. The molecule has 2 heterocycles. The molecule has 0 bridgehead atoms. The third-order valence-corrected chi connectivity index (χ3v) is 5.22. The number of benzene rings is 1. The van der Waals surface area contributed by atoms with E-state index >= 15 is 0 Å². The van der Waals surface area contributed by atoms with Gasteiger partial charge in [0.2, 0.25) is 5.95 Å². The highest BCUT2D eigenvalue weighted by Crippen LogP contribution is 2.41. The smallest absolute Gasteiger partial charge is 0.270 e. The third kappa shape index (κ3) is 4.25. The van der Waals surface area contributed by atoms with Crippen molar-refractivity contribution < 1.29 is 14.3 Å². The summed E-state index contributed by atoms with van der Waals surface area (Å²) in [5.74, 6) is 1.72. The number of aryl methyl sites for hydroxylation is 1. The van der Waals surface area contributed by atoms with Gasteiger partial charge in [0.25, 0.3) is 5.91 Å². The lowest BCUT2D eigenvalue weighted by atomic mass is 10.0. The third-order valence-electron chi connectivity index (χ3n) is 5.22. The molecule has 0 radical (unpaired) electrons. The minimum atomic E-state index is -0.160. The van der Waals surface area contributed by atoms with Gasteiger partial charge in [0, 0.05) is 18.8 Å². The standard InChI is InChI=1S/C21H26N4O3/c1-14-13-18(23-21(22-14)25-9-11-28-12-10-25)20(26)24-19(15-3-4-15)16-5-7-17(27-2)8-6-16/h5-8,13,15,19H,3-4,9-12H2,1-2H3,(H,24,26)/t19-/m1/s1. The summed E-state index contributed by atoms with van der Waals surface area (Å²) in [6.07, 6.45) is 2.25. The Hall–Kier alpha value is -2.67. The number of carbonyl (C=O) groups excluding carboxylic acids is 1. The molecule has 2 aliphatic rings. The molecule has 1 atom stereocenters. The van der Waals surface area contributed by atoms with Crippen molar-refractivity contribution in [3.63, 3.8) is 0 Å². The molecule has 7 nitrogen and oxygen atoms in total. The van der Waals surface area contributed by atoms with E-state index < -0.39 is 0 Å². The molecule has 1 N–H and O–H groups in total. The van der Waals surface area contributed by atoms with Crippen molar-refractivity contribution in [1.29, 1.82) is 0 Å². The number of hydrogen-bond acceptors (Lipinski definition) is 6. The minimum Gasteiger partial charge on any atom is -0.497 e. The molecule has 2 aromatic rings. The fourth-order valence-electron chi connectivity index (χ4n) is 3.50. The summed E-state index contributed by atoms with van der Waals surface area (Å²) in [4.78, 5) is 24.1. The van der Waals surface area contributed by atoms with Crippen LogP contribution < -0.4 is 15.0 Å². The van der Waals surface area contributed by atoms with Crippen LogP contribution in [0.15, 0.2) is 30.3 Å². The predicted octanol–water partition coefficient (Wildman–Crippen LogP) is 2.51. The second-order valence-corrected chi connectivity index (χ2v) is 7.36. The van der Waals surface area contributed by atoms with Gasteiger partial charge in [0.1, 0.15) is 11.4 Å². The maximum Gasteiger partial charge on any atom is 0.270 e. The number of hydrogen-bond donors (Lipinski definition) is 1. The first-order valence-corrected chi connectivity index (χ1v) is 9.77. The van der Waals surface area contributed by atoms with Crippen LogP contribution in [0.1, 0.15) is 40.6 Å². The van der Waals surface area contributed by atoms with Gasteiger partial charge < -0.3 is 19.7 Å². The molecular weight excluding hydrogens is 356 g/mol. The van der Waals surface area contributed by atoms with Gasteiger partial charge >= 0.3 is 0 Å². The normalized spacial score (nSPS) is 17.9. The number of aromatic nitrogens is 2. The summed E-state index contributed by atoms with van der Waals surface area (Å²) >= 11 is 0. The van der Waals surface area contributed by atoms with E-state index in [-0.39, 0.29) is 11.9 Å². The van der Waals surface area contributed by atoms with Crippen LogP contribution in [0.25, 0.3) is 0 Å². The molecule has 4 rings (SSSR count). The maximum absolute atomic E-state index is 13.0. The lowest BCUT2D eigenvalue weighted by Gasteiger charge is -2.27. The number of nitrogens with zero attached hydrogens (tertiary/aromatic N) is 3. The molecule has 0 unspecified atom stereocenters. The van der Waals surface area contributed by atoms with E-state index in [1.165, 1.54) is 0 Å². The van der Waals surface area contributed by atoms with E-state index in [0.717, 1.165) is 42.9 Å². The predicted molar refractivity (Wildman–Crippen MR) is 106 cm³/mol. The van der Waals surface area contributed by atoms with Crippen molar-refractivity contribution in [3.8, 4) is 5.75 Å². The van der Waals surface area contributed by atoms with Crippen LogP contribution in [0.2, 0.25) is 0 Å².